The smallest absolute Gasteiger partial charge is 0.133 e. The summed E-state index contributed by atoms with van der Waals surface area (Å²) < 4.78 is 0. The van der Waals surface area contributed by atoms with E-state index in [9.17, 15) is 5.11 Å². The van der Waals surface area contributed by atoms with Crippen molar-refractivity contribution in [1.82, 2.24) is 10.3 Å². The fraction of sp³-hybridized carbons (Fsp3) is 0.706. The molecular formula is C17H29N3O. The molecule has 2 unspecified atom stereocenters. The van der Waals surface area contributed by atoms with Gasteiger partial charge >= 0.3 is 0 Å². The van der Waals surface area contributed by atoms with Gasteiger partial charge in [-0.3, -0.25) is 0 Å². The average molecular weight is 291 g/mol. The van der Waals surface area contributed by atoms with Crippen LogP contribution in [-0.2, 0) is 0 Å². The second-order valence-electron chi connectivity index (χ2n) is 5.97. The van der Waals surface area contributed by atoms with E-state index in [4.69, 9.17) is 0 Å². The molecule has 1 aromatic rings. The van der Waals surface area contributed by atoms with Gasteiger partial charge in [0, 0.05) is 24.3 Å². The Hall–Kier alpha value is -1.13. The van der Waals surface area contributed by atoms with E-state index in [1.165, 1.54) is 24.8 Å². The number of anilines is 1. The van der Waals surface area contributed by atoms with Crippen LogP contribution in [0.25, 0.3) is 0 Å². The molecule has 0 spiro atoms. The van der Waals surface area contributed by atoms with Gasteiger partial charge in [0.25, 0.3) is 0 Å². The van der Waals surface area contributed by atoms with Gasteiger partial charge in [-0.2, -0.15) is 0 Å². The molecule has 1 fully saturated rings. The van der Waals surface area contributed by atoms with Gasteiger partial charge < -0.3 is 15.3 Å². The Labute approximate surface area is 128 Å². The van der Waals surface area contributed by atoms with Crippen LogP contribution in [0.4, 0.5) is 5.82 Å². The summed E-state index contributed by atoms with van der Waals surface area (Å²) >= 11 is 0. The van der Waals surface area contributed by atoms with Crippen molar-refractivity contribution in [1.29, 1.82) is 0 Å². The fourth-order valence-corrected chi connectivity index (χ4v) is 3.10. The number of rotatable bonds is 6. The van der Waals surface area contributed by atoms with Gasteiger partial charge in [0.15, 0.2) is 0 Å². The summed E-state index contributed by atoms with van der Waals surface area (Å²) in [7, 11) is 0. The molecule has 2 N–H and O–H groups in total. The number of aliphatic hydroxyl groups excluding tert-OH is 1. The fourth-order valence-electron chi connectivity index (χ4n) is 3.10. The summed E-state index contributed by atoms with van der Waals surface area (Å²) in [6.07, 6.45) is 7.69. The van der Waals surface area contributed by atoms with Gasteiger partial charge in [-0.1, -0.05) is 25.8 Å². The largest absolute Gasteiger partial charge is 0.394 e. The van der Waals surface area contributed by atoms with Crippen LogP contribution >= 0.6 is 0 Å². The molecule has 0 amide bonds. The zero-order chi connectivity index (χ0) is 15.1. The number of nitrogens with zero attached hydrogens (tertiary/aromatic N) is 2. The molecule has 1 aromatic heterocycles. The Morgan fingerprint density at radius 1 is 1.43 bits per heavy atom. The Balaban J connectivity index is 2.24. The van der Waals surface area contributed by atoms with Crippen LogP contribution in [0.15, 0.2) is 18.3 Å². The second-order valence-corrected chi connectivity index (χ2v) is 5.97. The van der Waals surface area contributed by atoms with E-state index >= 15 is 0 Å². The van der Waals surface area contributed by atoms with Crippen LogP contribution in [0.2, 0.25) is 0 Å². The summed E-state index contributed by atoms with van der Waals surface area (Å²) in [5.74, 6) is 1.05. The molecule has 21 heavy (non-hydrogen) atoms. The van der Waals surface area contributed by atoms with E-state index in [1.54, 1.807) is 0 Å². The van der Waals surface area contributed by atoms with Crippen LogP contribution in [0.3, 0.4) is 0 Å². The van der Waals surface area contributed by atoms with Crippen LogP contribution in [0, 0.1) is 0 Å². The van der Waals surface area contributed by atoms with Gasteiger partial charge in [-0.15, -0.1) is 0 Å². The van der Waals surface area contributed by atoms with Crippen molar-refractivity contribution in [3.05, 3.63) is 23.9 Å². The van der Waals surface area contributed by atoms with Crippen molar-refractivity contribution >= 4 is 5.82 Å². The minimum atomic E-state index is 0.208. The molecule has 1 saturated heterocycles. The first-order valence-corrected chi connectivity index (χ1v) is 8.33. The number of pyridine rings is 1. The number of aromatic nitrogens is 1. The maximum Gasteiger partial charge on any atom is 0.133 e. The van der Waals surface area contributed by atoms with Crippen molar-refractivity contribution in [3.8, 4) is 0 Å². The van der Waals surface area contributed by atoms with Crippen molar-refractivity contribution in [2.24, 2.45) is 0 Å². The third kappa shape index (κ3) is 4.17. The van der Waals surface area contributed by atoms with Gasteiger partial charge in [0.2, 0.25) is 0 Å². The SMILES string of the molecule is CCCNC(C)c1cccnc1N1CCCCCC1CO. The molecule has 2 heterocycles. The molecule has 2 rings (SSSR count). The first-order chi connectivity index (χ1) is 10.3. The highest BCUT2D eigenvalue weighted by atomic mass is 16.3. The third-order valence-corrected chi connectivity index (χ3v) is 4.34. The zero-order valence-electron chi connectivity index (χ0n) is 13.4. The Morgan fingerprint density at radius 2 is 2.29 bits per heavy atom. The van der Waals surface area contributed by atoms with E-state index in [0.29, 0.717) is 0 Å². The predicted molar refractivity (Wildman–Crippen MR) is 87.6 cm³/mol. The highest BCUT2D eigenvalue weighted by Gasteiger charge is 2.24. The number of hydrogen-bond acceptors (Lipinski definition) is 4. The Morgan fingerprint density at radius 3 is 3.05 bits per heavy atom. The van der Waals surface area contributed by atoms with E-state index in [1.807, 2.05) is 12.3 Å². The summed E-state index contributed by atoms with van der Waals surface area (Å²) in [4.78, 5) is 6.97. The molecule has 4 nitrogen and oxygen atoms in total. The topological polar surface area (TPSA) is 48.4 Å². The van der Waals surface area contributed by atoms with Gasteiger partial charge in [-0.25, -0.2) is 4.98 Å². The van der Waals surface area contributed by atoms with Gasteiger partial charge in [-0.05, 0) is 38.8 Å². The molecule has 118 valence electrons. The lowest BCUT2D eigenvalue weighted by atomic mass is 10.1. The monoisotopic (exact) mass is 291 g/mol. The Kier molecular flexibility index (Phi) is 6.46. The third-order valence-electron chi connectivity index (χ3n) is 4.34. The first-order valence-electron chi connectivity index (χ1n) is 8.33. The Bertz CT molecular complexity index is 424. The van der Waals surface area contributed by atoms with Crippen molar-refractivity contribution in [2.75, 3.05) is 24.6 Å². The highest BCUT2D eigenvalue weighted by molar-refractivity contribution is 5.49. The van der Waals surface area contributed by atoms with Crippen molar-refractivity contribution < 1.29 is 5.11 Å². The number of nitrogens with one attached hydrogen (secondary N) is 1. The number of aliphatic hydroxyl groups is 1. The molecule has 1 aliphatic rings. The lowest BCUT2D eigenvalue weighted by molar-refractivity contribution is 0.254. The van der Waals surface area contributed by atoms with E-state index in [2.05, 4.69) is 35.1 Å². The van der Waals surface area contributed by atoms with Crippen LogP contribution in [0.5, 0.6) is 0 Å². The van der Waals surface area contributed by atoms with E-state index in [-0.39, 0.29) is 18.7 Å². The zero-order valence-corrected chi connectivity index (χ0v) is 13.4. The normalized spacial score (nSPS) is 21.1. The first kappa shape index (κ1) is 16.2. The van der Waals surface area contributed by atoms with Crippen molar-refractivity contribution in [2.45, 2.75) is 58.0 Å². The molecule has 0 aromatic carbocycles. The molecule has 0 bridgehead atoms. The lowest BCUT2D eigenvalue weighted by Crippen LogP contribution is -2.39. The standard InChI is InChI=1S/C17H29N3O/c1-3-10-18-14(2)16-9-7-11-19-17(16)20-12-6-4-5-8-15(20)13-21/h7,9,11,14-15,18,21H,3-6,8,10,12-13H2,1-2H3. The maximum atomic E-state index is 9.73. The summed E-state index contributed by atoms with van der Waals surface area (Å²) in [6, 6.07) is 4.67. The van der Waals surface area contributed by atoms with Gasteiger partial charge in [0.1, 0.15) is 5.82 Å². The molecule has 2 atom stereocenters. The minimum absolute atomic E-state index is 0.208. The number of hydrogen-bond donors (Lipinski definition) is 2. The molecule has 0 aliphatic carbocycles. The predicted octanol–water partition coefficient (Wildman–Crippen LogP) is 2.88. The second kappa shape index (κ2) is 8.35. The average Bonchev–Trinajstić information content (AvgIpc) is 2.77. The molecule has 4 heteroatoms. The summed E-state index contributed by atoms with van der Waals surface area (Å²) in [5, 5.41) is 13.3. The molecule has 0 saturated carbocycles. The van der Waals surface area contributed by atoms with E-state index in [0.717, 1.165) is 31.7 Å². The lowest BCUT2D eigenvalue weighted by Gasteiger charge is -2.32. The molecule has 1 aliphatic heterocycles. The van der Waals surface area contributed by atoms with Gasteiger partial charge in [0.05, 0.1) is 12.6 Å². The summed E-state index contributed by atoms with van der Waals surface area (Å²) in [5.41, 5.74) is 1.24. The van der Waals surface area contributed by atoms with Crippen molar-refractivity contribution in [3.63, 3.8) is 0 Å². The summed E-state index contributed by atoms with van der Waals surface area (Å²) in [6.45, 7) is 6.60. The highest BCUT2D eigenvalue weighted by Crippen LogP contribution is 2.28. The molecule has 0 radical (unpaired) electrons. The minimum Gasteiger partial charge on any atom is -0.394 e. The van der Waals surface area contributed by atoms with E-state index < -0.39 is 0 Å². The molecular weight excluding hydrogens is 262 g/mol. The quantitative estimate of drug-likeness (QED) is 0.846. The van der Waals surface area contributed by atoms with Crippen LogP contribution < -0.4 is 10.2 Å². The van der Waals surface area contributed by atoms with Crippen LogP contribution in [-0.4, -0.2) is 35.8 Å². The maximum absolute atomic E-state index is 9.73. The van der Waals surface area contributed by atoms with Crippen LogP contribution in [0.1, 0.15) is 57.6 Å².